The topological polar surface area (TPSA) is 47.3 Å². The molecule has 0 radical (unpaired) electrons. The summed E-state index contributed by atoms with van der Waals surface area (Å²) in [7, 11) is 0. The third-order valence-corrected chi connectivity index (χ3v) is 2.50. The molecule has 0 aliphatic heterocycles. The number of halogens is 3. The average Bonchev–Trinajstić information content (AvgIpc) is 2.25. The van der Waals surface area contributed by atoms with Gasteiger partial charge in [-0.2, -0.15) is 0 Å². The van der Waals surface area contributed by atoms with Gasteiger partial charge in [0.25, 0.3) is 0 Å². The Hall–Kier alpha value is -0.750. The van der Waals surface area contributed by atoms with Crippen molar-refractivity contribution in [2.24, 2.45) is 5.84 Å². The second-order valence-corrected chi connectivity index (χ2v) is 4.30. The highest BCUT2D eigenvalue weighted by Crippen LogP contribution is 2.24. The van der Waals surface area contributed by atoms with E-state index in [-0.39, 0.29) is 23.3 Å². The maximum atomic E-state index is 13.6. The number of nitrogens with two attached hydrogens (primary N) is 1. The Morgan fingerprint density at radius 1 is 1.35 bits per heavy atom. The van der Waals surface area contributed by atoms with Gasteiger partial charge in [0.2, 0.25) is 0 Å². The van der Waals surface area contributed by atoms with E-state index in [2.05, 4.69) is 5.43 Å². The molecule has 0 aliphatic rings. The molecule has 0 spiro atoms. The van der Waals surface area contributed by atoms with Gasteiger partial charge in [0.1, 0.15) is 11.6 Å². The molecule has 1 unspecified atom stereocenters. The number of benzene rings is 1. The molecule has 6 heteroatoms. The quantitative estimate of drug-likeness (QED) is 0.488. The Bertz CT molecular complexity index is 388. The molecule has 1 aromatic rings. The van der Waals surface area contributed by atoms with Gasteiger partial charge < -0.3 is 4.74 Å². The summed E-state index contributed by atoms with van der Waals surface area (Å²) in [5.41, 5.74) is 2.48. The molecule has 0 saturated heterocycles. The Morgan fingerprint density at radius 2 is 2.00 bits per heavy atom. The summed E-state index contributed by atoms with van der Waals surface area (Å²) in [5.74, 6) is 3.99. The van der Waals surface area contributed by atoms with Crippen LogP contribution in [0.15, 0.2) is 12.1 Å². The van der Waals surface area contributed by atoms with Gasteiger partial charge >= 0.3 is 0 Å². The lowest BCUT2D eigenvalue weighted by atomic mass is 10.1. The molecule has 1 atom stereocenters. The third kappa shape index (κ3) is 3.89. The first-order valence-electron chi connectivity index (χ1n) is 5.17. The second kappa shape index (κ2) is 6.26. The predicted octanol–water partition coefficient (Wildman–Crippen LogP) is 2.55. The molecule has 0 aromatic heterocycles. The monoisotopic (exact) mass is 264 g/mol. The molecule has 0 fully saturated rings. The summed E-state index contributed by atoms with van der Waals surface area (Å²) in [4.78, 5) is 0. The third-order valence-electron chi connectivity index (χ3n) is 2.21. The minimum absolute atomic E-state index is 0.0222. The zero-order valence-electron chi connectivity index (χ0n) is 9.64. The zero-order chi connectivity index (χ0) is 13.0. The lowest BCUT2D eigenvalue weighted by Gasteiger charge is -2.19. The molecule has 0 saturated carbocycles. The van der Waals surface area contributed by atoms with Crippen molar-refractivity contribution >= 4 is 11.6 Å². The number of hydrazine groups is 1. The fourth-order valence-electron chi connectivity index (χ4n) is 1.32. The fourth-order valence-corrected chi connectivity index (χ4v) is 1.47. The molecule has 1 rings (SSSR count). The van der Waals surface area contributed by atoms with Crippen LogP contribution in [0.3, 0.4) is 0 Å². The summed E-state index contributed by atoms with van der Waals surface area (Å²) in [5, 5.41) is -0.258. The highest BCUT2D eigenvalue weighted by atomic mass is 35.5. The molecule has 1 aromatic carbocycles. The predicted molar refractivity (Wildman–Crippen MR) is 62.5 cm³/mol. The van der Waals surface area contributed by atoms with Crippen LogP contribution in [0.25, 0.3) is 0 Å². The smallest absolute Gasteiger partial charge is 0.142 e. The molecular weight excluding hydrogens is 250 g/mol. The highest BCUT2D eigenvalue weighted by Gasteiger charge is 2.18. The van der Waals surface area contributed by atoms with Crippen LogP contribution in [0.1, 0.15) is 25.5 Å². The van der Waals surface area contributed by atoms with Gasteiger partial charge in [0, 0.05) is 5.56 Å². The second-order valence-electron chi connectivity index (χ2n) is 3.89. The van der Waals surface area contributed by atoms with Crippen LogP contribution in [0, 0.1) is 11.6 Å². The molecule has 0 bridgehead atoms. The maximum Gasteiger partial charge on any atom is 0.142 e. The average molecular weight is 265 g/mol. The van der Waals surface area contributed by atoms with Crippen LogP contribution in [0.2, 0.25) is 5.02 Å². The van der Waals surface area contributed by atoms with Crippen molar-refractivity contribution in [1.82, 2.24) is 5.43 Å². The largest absolute Gasteiger partial charge is 0.377 e. The van der Waals surface area contributed by atoms with Crippen molar-refractivity contribution in [2.45, 2.75) is 26.0 Å². The van der Waals surface area contributed by atoms with Crippen LogP contribution in [0.5, 0.6) is 0 Å². The van der Waals surface area contributed by atoms with E-state index in [1.54, 1.807) is 0 Å². The number of nitrogens with one attached hydrogen (secondary N) is 1. The van der Waals surface area contributed by atoms with Crippen LogP contribution in [0.4, 0.5) is 8.78 Å². The summed E-state index contributed by atoms with van der Waals surface area (Å²) >= 11 is 5.46. The molecule has 0 heterocycles. The minimum atomic E-state index is -0.687. The van der Waals surface area contributed by atoms with Crippen molar-refractivity contribution < 1.29 is 13.5 Å². The summed E-state index contributed by atoms with van der Waals surface area (Å²) in [6.07, 6.45) is -0.0222. The first kappa shape index (κ1) is 14.3. The zero-order valence-corrected chi connectivity index (χ0v) is 10.4. The number of ether oxygens (including phenoxy) is 1. The normalized spacial score (nSPS) is 13.1. The van der Waals surface area contributed by atoms with Gasteiger partial charge in [0.15, 0.2) is 0 Å². The number of hydrogen-bond donors (Lipinski definition) is 2. The van der Waals surface area contributed by atoms with E-state index in [9.17, 15) is 8.78 Å². The molecule has 3 N–H and O–H groups in total. The Labute approximate surface area is 104 Å². The Balaban J connectivity index is 2.91. The Kier molecular flexibility index (Phi) is 5.27. The number of hydrogen-bond acceptors (Lipinski definition) is 3. The van der Waals surface area contributed by atoms with Crippen LogP contribution in [-0.2, 0) is 4.74 Å². The van der Waals surface area contributed by atoms with E-state index in [0.717, 1.165) is 12.1 Å². The van der Waals surface area contributed by atoms with Gasteiger partial charge in [-0.3, -0.25) is 11.3 Å². The molecule has 3 nitrogen and oxygen atoms in total. The van der Waals surface area contributed by atoms with Gasteiger partial charge in [0.05, 0.1) is 23.8 Å². The van der Waals surface area contributed by atoms with Crippen molar-refractivity contribution in [3.05, 3.63) is 34.4 Å². The van der Waals surface area contributed by atoms with E-state index in [0.29, 0.717) is 0 Å². The molecular formula is C11H15ClF2N2O. The SMILES string of the molecule is CC(C)OCC(NN)c1cc(F)c(Cl)cc1F. The lowest BCUT2D eigenvalue weighted by Crippen LogP contribution is -2.33. The van der Waals surface area contributed by atoms with Crippen LogP contribution >= 0.6 is 11.6 Å². The number of rotatable bonds is 5. The standard InChI is InChI=1S/C11H15ClF2N2O/c1-6(2)17-5-11(16-15)7-3-10(14)8(12)4-9(7)13/h3-4,6,11,16H,5,15H2,1-2H3. The Morgan fingerprint density at radius 3 is 2.53 bits per heavy atom. The van der Waals surface area contributed by atoms with E-state index >= 15 is 0 Å². The van der Waals surface area contributed by atoms with Crippen molar-refractivity contribution in [2.75, 3.05) is 6.61 Å². The summed E-state index contributed by atoms with van der Waals surface area (Å²) in [6.45, 7) is 3.82. The van der Waals surface area contributed by atoms with Crippen LogP contribution in [-0.4, -0.2) is 12.7 Å². The van der Waals surface area contributed by atoms with Gasteiger partial charge in [-0.05, 0) is 26.0 Å². The molecule has 0 aliphatic carbocycles. The van der Waals surface area contributed by atoms with E-state index < -0.39 is 17.7 Å². The van der Waals surface area contributed by atoms with Gasteiger partial charge in [-0.15, -0.1) is 0 Å². The maximum absolute atomic E-state index is 13.6. The van der Waals surface area contributed by atoms with Crippen LogP contribution < -0.4 is 11.3 Å². The first-order valence-corrected chi connectivity index (χ1v) is 5.55. The molecule has 96 valence electrons. The van der Waals surface area contributed by atoms with Crippen molar-refractivity contribution in [3.8, 4) is 0 Å². The highest BCUT2D eigenvalue weighted by molar-refractivity contribution is 6.30. The summed E-state index contributed by atoms with van der Waals surface area (Å²) < 4.78 is 32.1. The molecule has 17 heavy (non-hydrogen) atoms. The first-order chi connectivity index (χ1) is 7.95. The lowest BCUT2D eigenvalue weighted by molar-refractivity contribution is 0.0604. The van der Waals surface area contributed by atoms with Crippen molar-refractivity contribution in [1.29, 1.82) is 0 Å². The van der Waals surface area contributed by atoms with Gasteiger partial charge in [-0.25, -0.2) is 8.78 Å². The van der Waals surface area contributed by atoms with Gasteiger partial charge in [-0.1, -0.05) is 11.6 Å². The fraction of sp³-hybridized carbons (Fsp3) is 0.455. The molecule has 0 amide bonds. The summed E-state index contributed by atoms with van der Waals surface area (Å²) in [6, 6.07) is 1.32. The minimum Gasteiger partial charge on any atom is -0.377 e. The van der Waals surface area contributed by atoms with E-state index in [1.165, 1.54) is 0 Å². The van der Waals surface area contributed by atoms with Crippen molar-refractivity contribution in [3.63, 3.8) is 0 Å². The van der Waals surface area contributed by atoms with E-state index in [4.69, 9.17) is 22.2 Å². The van der Waals surface area contributed by atoms with E-state index in [1.807, 2.05) is 13.8 Å².